The first-order valence-electron chi connectivity index (χ1n) is 7.40. The highest BCUT2D eigenvalue weighted by Crippen LogP contribution is 2.61. The van der Waals surface area contributed by atoms with Crippen LogP contribution >= 0.6 is 0 Å². The lowest BCUT2D eigenvalue weighted by atomic mass is 9.64. The van der Waals surface area contributed by atoms with E-state index in [0.717, 1.165) is 6.42 Å². The van der Waals surface area contributed by atoms with Crippen LogP contribution in [0.15, 0.2) is 48.5 Å². The van der Waals surface area contributed by atoms with Crippen molar-refractivity contribution >= 4 is 5.91 Å². The lowest BCUT2D eigenvalue weighted by molar-refractivity contribution is -0.274. The van der Waals surface area contributed by atoms with Crippen LogP contribution in [-0.2, 0) is 20.8 Å². The van der Waals surface area contributed by atoms with Gasteiger partial charge in [0.15, 0.2) is 0 Å². The molecule has 1 fully saturated rings. The standard InChI is InChI=1S/C18H15NO2/c1-17-12-6-2-4-8-14(12)18(11-10-16(20)19(18)21-17)15-9-5-3-7-13(15)17/h2-9H,10-11H2,1H3. The van der Waals surface area contributed by atoms with Crippen LogP contribution in [0.3, 0.4) is 0 Å². The molecule has 3 nitrogen and oxygen atoms in total. The first-order valence-corrected chi connectivity index (χ1v) is 7.40. The van der Waals surface area contributed by atoms with Crippen molar-refractivity contribution in [2.45, 2.75) is 30.9 Å². The largest absolute Gasteiger partial charge is 0.273 e. The van der Waals surface area contributed by atoms with Crippen LogP contribution in [0, 0.1) is 0 Å². The van der Waals surface area contributed by atoms with Gasteiger partial charge in [-0.1, -0.05) is 48.5 Å². The van der Waals surface area contributed by atoms with Crippen molar-refractivity contribution < 1.29 is 9.63 Å². The molecule has 3 heterocycles. The zero-order valence-electron chi connectivity index (χ0n) is 11.8. The van der Waals surface area contributed by atoms with Gasteiger partial charge in [-0.05, 0) is 35.6 Å². The molecule has 1 aliphatic carbocycles. The topological polar surface area (TPSA) is 29.5 Å². The minimum atomic E-state index is -0.574. The van der Waals surface area contributed by atoms with E-state index in [-0.39, 0.29) is 5.91 Å². The van der Waals surface area contributed by atoms with Crippen molar-refractivity contribution in [3.63, 3.8) is 0 Å². The van der Waals surface area contributed by atoms with Crippen molar-refractivity contribution in [1.82, 2.24) is 5.06 Å². The summed E-state index contributed by atoms with van der Waals surface area (Å²) in [4.78, 5) is 18.6. The summed E-state index contributed by atoms with van der Waals surface area (Å²) >= 11 is 0. The van der Waals surface area contributed by atoms with E-state index in [2.05, 4.69) is 55.5 Å². The van der Waals surface area contributed by atoms with Gasteiger partial charge in [0.05, 0.1) is 0 Å². The molecule has 0 saturated carbocycles. The average Bonchev–Trinajstić information content (AvgIpc) is 2.86. The van der Waals surface area contributed by atoms with Gasteiger partial charge >= 0.3 is 0 Å². The van der Waals surface area contributed by atoms with Gasteiger partial charge in [-0.15, -0.1) is 0 Å². The summed E-state index contributed by atoms with van der Waals surface area (Å²) in [6, 6.07) is 16.8. The molecule has 0 radical (unpaired) electrons. The summed E-state index contributed by atoms with van der Waals surface area (Å²) < 4.78 is 0. The Morgan fingerprint density at radius 2 is 1.48 bits per heavy atom. The molecular weight excluding hydrogens is 262 g/mol. The molecule has 0 atom stereocenters. The van der Waals surface area contributed by atoms with Gasteiger partial charge in [0, 0.05) is 6.42 Å². The lowest BCUT2D eigenvalue weighted by Crippen LogP contribution is -2.59. The molecule has 0 unspecified atom stereocenters. The molecule has 3 heteroatoms. The monoisotopic (exact) mass is 277 g/mol. The Hall–Kier alpha value is -2.13. The van der Waals surface area contributed by atoms with Crippen LogP contribution in [-0.4, -0.2) is 11.0 Å². The number of rotatable bonds is 0. The third kappa shape index (κ3) is 1.07. The van der Waals surface area contributed by atoms with Crippen LogP contribution in [0.1, 0.15) is 42.0 Å². The molecule has 104 valence electrons. The Morgan fingerprint density at radius 1 is 0.952 bits per heavy atom. The zero-order valence-corrected chi connectivity index (χ0v) is 11.8. The Labute approximate surface area is 123 Å². The molecule has 0 N–H and O–H groups in total. The number of hydroxylamine groups is 2. The maximum atomic E-state index is 12.4. The highest BCUT2D eigenvalue weighted by Gasteiger charge is 2.63. The summed E-state index contributed by atoms with van der Waals surface area (Å²) in [6.45, 7) is 2.07. The van der Waals surface area contributed by atoms with Crippen molar-refractivity contribution in [3.8, 4) is 0 Å². The number of hydrogen-bond acceptors (Lipinski definition) is 2. The third-order valence-electron chi connectivity index (χ3n) is 5.32. The molecule has 1 spiro atoms. The van der Waals surface area contributed by atoms with Gasteiger partial charge in [-0.3, -0.25) is 9.63 Å². The Bertz CT molecular complexity index is 748. The van der Waals surface area contributed by atoms with Crippen molar-refractivity contribution in [2.75, 3.05) is 0 Å². The van der Waals surface area contributed by atoms with Crippen LogP contribution in [0.5, 0.6) is 0 Å². The molecule has 0 aromatic heterocycles. The van der Waals surface area contributed by atoms with Crippen LogP contribution < -0.4 is 0 Å². The molecule has 3 aliphatic heterocycles. The molecule has 2 aromatic carbocycles. The Kier molecular flexibility index (Phi) is 1.85. The van der Waals surface area contributed by atoms with Gasteiger partial charge in [-0.2, -0.15) is 0 Å². The zero-order chi connectivity index (χ0) is 14.2. The first kappa shape index (κ1) is 11.5. The van der Waals surface area contributed by atoms with Gasteiger partial charge in [-0.25, -0.2) is 5.06 Å². The number of carbonyl (C=O) groups is 1. The second-order valence-electron chi connectivity index (χ2n) is 6.26. The normalized spacial score (nSPS) is 31.9. The molecule has 1 saturated heterocycles. The highest BCUT2D eigenvalue weighted by molar-refractivity contribution is 5.82. The highest BCUT2D eigenvalue weighted by atomic mass is 16.7. The van der Waals surface area contributed by atoms with Crippen LogP contribution in [0.2, 0.25) is 0 Å². The molecule has 4 aliphatic rings. The predicted molar refractivity (Wildman–Crippen MR) is 77.3 cm³/mol. The quantitative estimate of drug-likeness (QED) is 0.740. The number of amides is 1. The number of nitrogens with zero attached hydrogens (tertiary/aromatic N) is 1. The lowest BCUT2D eigenvalue weighted by Gasteiger charge is -2.56. The van der Waals surface area contributed by atoms with E-state index >= 15 is 0 Å². The fourth-order valence-electron chi connectivity index (χ4n) is 4.41. The van der Waals surface area contributed by atoms with E-state index in [4.69, 9.17) is 4.84 Å². The minimum absolute atomic E-state index is 0.0882. The summed E-state index contributed by atoms with van der Waals surface area (Å²) in [6.07, 6.45) is 1.33. The van der Waals surface area contributed by atoms with Gasteiger partial charge in [0.25, 0.3) is 0 Å². The fraction of sp³-hybridized carbons (Fsp3) is 0.278. The summed E-state index contributed by atoms with van der Waals surface area (Å²) in [5.74, 6) is 0.0882. The molecule has 21 heavy (non-hydrogen) atoms. The fourth-order valence-corrected chi connectivity index (χ4v) is 4.41. The first-order chi connectivity index (χ1) is 10.2. The molecular formula is C18H15NO2. The van der Waals surface area contributed by atoms with Crippen molar-refractivity contribution in [1.29, 1.82) is 0 Å². The maximum Gasteiger partial charge on any atom is 0.247 e. The summed E-state index contributed by atoms with van der Waals surface area (Å²) in [7, 11) is 0. The molecule has 2 aromatic rings. The Balaban J connectivity index is 1.97. The number of carbonyl (C=O) groups excluding carboxylic acids is 1. The van der Waals surface area contributed by atoms with Crippen LogP contribution in [0.4, 0.5) is 0 Å². The van der Waals surface area contributed by atoms with Crippen LogP contribution in [0.25, 0.3) is 0 Å². The van der Waals surface area contributed by atoms with Gasteiger partial charge in [0.1, 0.15) is 11.1 Å². The van der Waals surface area contributed by atoms with Crippen molar-refractivity contribution in [3.05, 3.63) is 70.8 Å². The number of hydrogen-bond donors (Lipinski definition) is 0. The SMILES string of the molecule is CC12ON3C(=O)CCC3(c3ccccc31)c1ccccc12. The minimum Gasteiger partial charge on any atom is -0.273 e. The van der Waals surface area contributed by atoms with E-state index in [9.17, 15) is 4.79 Å². The van der Waals surface area contributed by atoms with E-state index in [1.165, 1.54) is 22.3 Å². The summed E-state index contributed by atoms with van der Waals surface area (Å²) in [5, 5.41) is 1.65. The van der Waals surface area contributed by atoms with Gasteiger partial charge in [0.2, 0.25) is 5.91 Å². The van der Waals surface area contributed by atoms with E-state index in [1.807, 2.05) is 0 Å². The molecule has 2 bridgehead atoms. The van der Waals surface area contributed by atoms with Gasteiger partial charge < -0.3 is 0 Å². The summed E-state index contributed by atoms with van der Waals surface area (Å²) in [5.41, 5.74) is 3.83. The van der Waals surface area contributed by atoms with Crippen molar-refractivity contribution in [2.24, 2.45) is 0 Å². The maximum absolute atomic E-state index is 12.4. The Morgan fingerprint density at radius 3 is 2.05 bits per heavy atom. The molecule has 1 amide bonds. The van der Waals surface area contributed by atoms with E-state index in [1.54, 1.807) is 5.06 Å². The average molecular weight is 277 g/mol. The second kappa shape index (κ2) is 3.37. The van der Waals surface area contributed by atoms with E-state index < -0.39 is 11.1 Å². The predicted octanol–water partition coefficient (Wildman–Crippen LogP) is 3.07. The smallest absolute Gasteiger partial charge is 0.247 e. The molecule has 6 rings (SSSR count). The number of benzene rings is 2. The second-order valence-corrected chi connectivity index (χ2v) is 6.26. The third-order valence-corrected chi connectivity index (χ3v) is 5.32. The van der Waals surface area contributed by atoms with E-state index in [0.29, 0.717) is 6.42 Å².